The minimum atomic E-state index is 0.327. The third kappa shape index (κ3) is 3.67. The average Bonchev–Trinajstić information content (AvgIpc) is 2.37. The van der Waals surface area contributed by atoms with Gasteiger partial charge in [-0.3, -0.25) is 4.90 Å². The molecule has 2 unspecified atom stereocenters. The summed E-state index contributed by atoms with van der Waals surface area (Å²) in [5.41, 5.74) is 0.327. The summed E-state index contributed by atoms with van der Waals surface area (Å²) in [4.78, 5) is 2.66. The van der Waals surface area contributed by atoms with Gasteiger partial charge in [-0.15, -0.1) is 0 Å². The first-order valence-corrected chi connectivity index (χ1v) is 7.08. The van der Waals surface area contributed by atoms with Crippen LogP contribution in [0.5, 0.6) is 0 Å². The van der Waals surface area contributed by atoms with Crippen molar-refractivity contribution in [3.63, 3.8) is 0 Å². The normalized spacial score (nSPS) is 27.0. The first-order chi connectivity index (χ1) is 8.08. The molecule has 1 rings (SSSR count). The summed E-state index contributed by atoms with van der Waals surface area (Å²) in [7, 11) is 1.79. The molecule has 1 aliphatic heterocycles. The van der Waals surface area contributed by atoms with Crippen LogP contribution in [-0.4, -0.2) is 49.3 Å². The lowest BCUT2D eigenvalue weighted by atomic mass is 9.88. The van der Waals surface area contributed by atoms with Crippen LogP contribution < -0.4 is 5.32 Å². The maximum absolute atomic E-state index is 5.20. The van der Waals surface area contributed by atoms with Gasteiger partial charge in [0.05, 0.1) is 0 Å². The SMILES string of the molecule is CCC1(CC)CN(C(C)CCOC)C(C)CN1. The lowest BCUT2D eigenvalue weighted by molar-refractivity contribution is 0.0373. The summed E-state index contributed by atoms with van der Waals surface area (Å²) in [6.07, 6.45) is 3.55. The van der Waals surface area contributed by atoms with Crippen LogP contribution in [0.15, 0.2) is 0 Å². The maximum atomic E-state index is 5.20. The Morgan fingerprint density at radius 3 is 2.59 bits per heavy atom. The fraction of sp³-hybridized carbons (Fsp3) is 1.00. The molecule has 1 fully saturated rings. The van der Waals surface area contributed by atoms with Crippen molar-refractivity contribution in [3.8, 4) is 0 Å². The van der Waals surface area contributed by atoms with E-state index >= 15 is 0 Å². The molecule has 0 saturated carbocycles. The van der Waals surface area contributed by atoms with Gasteiger partial charge >= 0.3 is 0 Å². The molecule has 2 atom stereocenters. The lowest BCUT2D eigenvalue weighted by Crippen LogP contribution is -2.64. The molecule has 1 N–H and O–H groups in total. The van der Waals surface area contributed by atoms with E-state index in [0.29, 0.717) is 17.6 Å². The molecular formula is C14H30N2O. The Hall–Kier alpha value is -0.120. The molecule has 0 aliphatic carbocycles. The fourth-order valence-electron chi connectivity index (χ4n) is 2.81. The highest BCUT2D eigenvalue weighted by atomic mass is 16.5. The van der Waals surface area contributed by atoms with Gasteiger partial charge in [0.25, 0.3) is 0 Å². The zero-order valence-corrected chi connectivity index (χ0v) is 12.3. The molecule has 0 aromatic carbocycles. The Kier molecular flexibility index (Phi) is 5.90. The summed E-state index contributed by atoms with van der Waals surface area (Å²) in [6.45, 7) is 12.4. The van der Waals surface area contributed by atoms with Crippen LogP contribution in [0.2, 0.25) is 0 Å². The second kappa shape index (κ2) is 6.72. The van der Waals surface area contributed by atoms with Crippen LogP contribution in [0, 0.1) is 0 Å². The Labute approximate surface area is 107 Å². The quantitative estimate of drug-likeness (QED) is 0.773. The number of hydrogen-bond acceptors (Lipinski definition) is 3. The van der Waals surface area contributed by atoms with Crippen molar-refractivity contribution >= 4 is 0 Å². The van der Waals surface area contributed by atoms with Crippen molar-refractivity contribution < 1.29 is 4.74 Å². The Morgan fingerprint density at radius 2 is 2.06 bits per heavy atom. The molecule has 0 amide bonds. The number of piperazine rings is 1. The van der Waals surface area contributed by atoms with E-state index in [1.54, 1.807) is 7.11 Å². The predicted octanol–water partition coefficient (Wildman–Crippen LogP) is 2.26. The van der Waals surface area contributed by atoms with E-state index in [-0.39, 0.29) is 0 Å². The molecule has 0 aromatic rings. The summed E-state index contributed by atoms with van der Waals surface area (Å²) < 4.78 is 5.20. The van der Waals surface area contributed by atoms with Crippen LogP contribution in [0.25, 0.3) is 0 Å². The highest BCUT2D eigenvalue weighted by molar-refractivity contribution is 4.96. The molecule has 0 bridgehead atoms. The second-order valence-corrected chi connectivity index (χ2v) is 5.52. The summed E-state index contributed by atoms with van der Waals surface area (Å²) in [5.74, 6) is 0. The monoisotopic (exact) mass is 242 g/mol. The number of hydrogen-bond donors (Lipinski definition) is 1. The van der Waals surface area contributed by atoms with Gasteiger partial charge in [0, 0.05) is 44.4 Å². The van der Waals surface area contributed by atoms with Crippen LogP contribution >= 0.6 is 0 Å². The Balaban J connectivity index is 2.62. The van der Waals surface area contributed by atoms with Gasteiger partial charge in [-0.25, -0.2) is 0 Å². The second-order valence-electron chi connectivity index (χ2n) is 5.52. The fourth-order valence-corrected chi connectivity index (χ4v) is 2.81. The van der Waals surface area contributed by atoms with Crippen molar-refractivity contribution in [1.82, 2.24) is 10.2 Å². The van der Waals surface area contributed by atoms with E-state index in [2.05, 4.69) is 37.9 Å². The zero-order chi connectivity index (χ0) is 12.9. The molecule has 17 heavy (non-hydrogen) atoms. The van der Waals surface area contributed by atoms with Gasteiger partial charge in [0.1, 0.15) is 0 Å². The standard InChI is InChI=1S/C14H30N2O/c1-6-14(7-2)11-16(13(4)10-15-14)12(3)8-9-17-5/h12-13,15H,6-11H2,1-5H3. The minimum Gasteiger partial charge on any atom is -0.385 e. The summed E-state index contributed by atoms with van der Waals surface area (Å²) >= 11 is 0. The van der Waals surface area contributed by atoms with E-state index in [0.717, 1.165) is 19.6 Å². The molecule has 1 heterocycles. The minimum absolute atomic E-state index is 0.327. The number of rotatable bonds is 6. The molecule has 1 aliphatic rings. The number of methoxy groups -OCH3 is 1. The van der Waals surface area contributed by atoms with Crippen molar-refractivity contribution in [2.24, 2.45) is 0 Å². The van der Waals surface area contributed by atoms with E-state index in [1.165, 1.54) is 19.4 Å². The molecule has 1 saturated heterocycles. The van der Waals surface area contributed by atoms with Crippen LogP contribution in [-0.2, 0) is 4.74 Å². The topological polar surface area (TPSA) is 24.5 Å². The number of nitrogens with one attached hydrogen (secondary N) is 1. The smallest absolute Gasteiger partial charge is 0.0477 e. The van der Waals surface area contributed by atoms with Gasteiger partial charge in [-0.05, 0) is 33.1 Å². The van der Waals surface area contributed by atoms with E-state index in [1.807, 2.05) is 0 Å². The molecular weight excluding hydrogens is 212 g/mol. The van der Waals surface area contributed by atoms with Gasteiger partial charge in [0.15, 0.2) is 0 Å². The number of nitrogens with zero attached hydrogens (tertiary/aromatic N) is 1. The predicted molar refractivity (Wildman–Crippen MR) is 73.4 cm³/mol. The molecule has 0 spiro atoms. The van der Waals surface area contributed by atoms with Gasteiger partial charge < -0.3 is 10.1 Å². The average molecular weight is 242 g/mol. The van der Waals surface area contributed by atoms with Crippen molar-refractivity contribution in [3.05, 3.63) is 0 Å². The van der Waals surface area contributed by atoms with Gasteiger partial charge in [-0.2, -0.15) is 0 Å². The third-order valence-electron chi connectivity index (χ3n) is 4.48. The third-order valence-corrected chi connectivity index (χ3v) is 4.48. The Morgan fingerprint density at radius 1 is 1.41 bits per heavy atom. The van der Waals surface area contributed by atoms with Crippen LogP contribution in [0.3, 0.4) is 0 Å². The van der Waals surface area contributed by atoms with Gasteiger partial charge in [0.2, 0.25) is 0 Å². The molecule has 102 valence electrons. The Bertz CT molecular complexity index is 216. The highest BCUT2D eigenvalue weighted by Gasteiger charge is 2.36. The molecule has 3 nitrogen and oxygen atoms in total. The van der Waals surface area contributed by atoms with E-state index < -0.39 is 0 Å². The first-order valence-electron chi connectivity index (χ1n) is 7.08. The zero-order valence-electron chi connectivity index (χ0n) is 12.3. The molecule has 3 heteroatoms. The summed E-state index contributed by atoms with van der Waals surface area (Å²) in [6, 6.07) is 1.25. The van der Waals surface area contributed by atoms with Gasteiger partial charge in [-0.1, -0.05) is 13.8 Å². The summed E-state index contributed by atoms with van der Waals surface area (Å²) in [5, 5.41) is 3.75. The van der Waals surface area contributed by atoms with E-state index in [9.17, 15) is 0 Å². The van der Waals surface area contributed by atoms with Crippen molar-refractivity contribution in [1.29, 1.82) is 0 Å². The van der Waals surface area contributed by atoms with Crippen LogP contribution in [0.1, 0.15) is 47.0 Å². The lowest BCUT2D eigenvalue weighted by Gasteiger charge is -2.49. The van der Waals surface area contributed by atoms with E-state index in [4.69, 9.17) is 4.74 Å². The molecule has 0 aromatic heterocycles. The first kappa shape index (κ1) is 14.9. The van der Waals surface area contributed by atoms with Crippen molar-refractivity contribution in [2.45, 2.75) is 64.6 Å². The highest BCUT2D eigenvalue weighted by Crippen LogP contribution is 2.24. The molecule has 0 radical (unpaired) electrons. The number of ether oxygens (including phenoxy) is 1. The van der Waals surface area contributed by atoms with Crippen molar-refractivity contribution in [2.75, 3.05) is 26.8 Å². The van der Waals surface area contributed by atoms with Crippen LogP contribution in [0.4, 0.5) is 0 Å². The maximum Gasteiger partial charge on any atom is 0.0477 e. The largest absolute Gasteiger partial charge is 0.385 e.